The average Bonchev–Trinajstić information content (AvgIpc) is 2.40. The molecule has 0 radical (unpaired) electrons. The molecule has 2 bridgehead atoms. The molecule has 2 aliphatic rings. The first-order chi connectivity index (χ1) is 6.57. The summed E-state index contributed by atoms with van der Waals surface area (Å²) in [5, 5.41) is 0. The van der Waals surface area contributed by atoms with Crippen LogP contribution in [-0.4, -0.2) is 0 Å². The van der Waals surface area contributed by atoms with Crippen LogP contribution in [0.15, 0.2) is 0 Å². The minimum atomic E-state index is 0.705. The summed E-state index contributed by atoms with van der Waals surface area (Å²) in [6.45, 7) is 9.88. The Hall–Kier alpha value is 0. The molecule has 0 spiro atoms. The summed E-state index contributed by atoms with van der Waals surface area (Å²) < 4.78 is 0. The highest BCUT2D eigenvalue weighted by Crippen LogP contribution is 2.59. The van der Waals surface area contributed by atoms with Crippen LogP contribution in [0.3, 0.4) is 0 Å². The van der Waals surface area contributed by atoms with E-state index in [4.69, 9.17) is 0 Å². The summed E-state index contributed by atoms with van der Waals surface area (Å²) in [6, 6.07) is 0. The highest BCUT2D eigenvalue weighted by Gasteiger charge is 2.50. The van der Waals surface area contributed by atoms with E-state index in [1.165, 1.54) is 32.1 Å². The molecule has 0 nitrogen and oxygen atoms in total. The number of rotatable bonds is 2. The second-order valence-electron chi connectivity index (χ2n) is 6.39. The molecule has 5 unspecified atom stereocenters. The molecule has 14 heavy (non-hydrogen) atoms. The van der Waals surface area contributed by atoms with Crippen molar-refractivity contribution in [3.05, 3.63) is 0 Å². The first-order valence-electron chi connectivity index (χ1n) is 6.57. The van der Waals surface area contributed by atoms with Crippen molar-refractivity contribution in [2.24, 2.45) is 29.1 Å². The third-order valence-electron chi connectivity index (χ3n) is 5.34. The van der Waals surface area contributed by atoms with Gasteiger partial charge in [-0.2, -0.15) is 0 Å². The van der Waals surface area contributed by atoms with E-state index in [0.29, 0.717) is 5.41 Å². The van der Waals surface area contributed by atoms with E-state index in [2.05, 4.69) is 27.7 Å². The van der Waals surface area contributed by atoms with Gasteiger partial charge in [0, 0.05) is 0 Å². The van der Waals surface area contributed by atoms with Crippen LogP contribution < -0.4 is 0 Å². The number of hydrogen-bond acceptors (Lipinski definition) is 0. The zero-order valence-electron chi connectivity index (χ0n) is 10.3. The molecule has 0 aromatic rings. The molecular weight excluding hydrogens is 168 g/mol. The summed E-state index contributed by atoms with van der Waals surface area (Å²) in [5.74, 6) is 4.09. The van der Waals surface area contributed by atoms with Crippen LogP contribution in [0.2, 0.25) is 0 Å². The summed E-state index contributed by atoms with van der Waals surface area (Å²) in [5.41, 5.74) is 0.705. The maximum absolute atomic E-state index is 2.55. The van der Waals surface area contributed by atoms with Gasteiger partial charge >= 0.3 is 0 Å². The monoisotopic (exact) mass is 194 g/mol. The first kappa shape index (κ1) is 10.5. The lowest BCUT2D eigenvalue weighted by atomic mass is 9.66. The fraction of sp³-hybridized carbons (Fsp3) is 1.00. The summed E-state index contributed by atoms with van der Waals surface area (Å²) >= 11 is 0. The average molecular weight is 194 g/mol. The van der Waals surface area contributed by atoms with E-state index in [1.54, 1.807) is 0 Å². The minimum absolute atomic E-state index is 0.705. The highest BCUT2D eigenvalue weighted by atomic mass is 14.5. The Labute approximate surface area is 89.5 Å². The van der Waals surface area contributed by atoms with Gasteiger partial charge in [-0.15, -0.1) is 0 Å². The van der Waals surface area contributed by atoms with Gasteiger partial charge in [0.05, 0.1) is 0 Å². The van der Waals surface area contributed by atoms with Gasteiger partial charge in [-0.05, 0) is 48.3 Å². The van der Waals surface area contributed by atoms with E-state index < -0.39 is 0 Å². The third-order valence-corrected chi connectivity index (χ3v) is 5.34. The van der Waals surface area contributed by atoms with E-state index >= 15 is 0 Å². The second-order valence-corrected chi connectivity index (χ2v) is 6.39. The predicted molar refractivity (Wildman–Crippen MR) is 62.2 cm³/mol. The molecule has 2 aliphatic carbocycles. The third kappa shape index (κ3) is 1.51. The summed E-state index contributed by atoms with van der Waals surface area (Å²) in [6.07, 6.45) is 7.41. The Kier molecular flexibility index (Phi) is 2.66. The lowest BCUT2D eigenvalue weighted by molar-refractivity contribution is 0.108. The first-order valence-corrected chi connectivity index (χ1v) is 6.57. The molecule has 0 amide bonds. The largest absolute Gasteiger partial charge is 0.0654 e. The van der Waals surface area contributed by atoms with Gasteiger partial charge < -0.3 is 0 Å². The van der Waals surface area contributed by atoms with Crippen LogP contribution >= 0.6 is 0 Å². The molecule has 2 fully saturated rings. The predicted octanol–water partition coefficient (Wildman–Crippen LogP) is 4.49. The van der Waals surface area contributed by atoms with Gasteiger partial charge in [0.1, 0.15) is 0 Å². The van der Waals surface area contributed by atoms with E-state index in [9.17, 15) is 0 Å². The second kappa shape index (κ2) is 3.54. The molecule has 82 valence electrons. The van der Waals surface area contributed by atoms with Gasteiger partial charge in [0.25, 0.3) is 0 Å². The standard InChI is InChI=1S/C14H26/c1-5-6-12-8-14(4)9-13(12)10(2)7-11(14)3/h10-13H,5-9H2,1-4H3. The van der Waals surface area contributed by atoms with Crippen molar-refractivity contribution in [1.82, 2.24) is 0 Å². The summed E-state index contributed by atoms with van der Waals surface area (Å²) in [4.78, 5) is 0. The quantitative estimate of drug-likeness (QED) is 0.607. The lowest BCUT2D eigenvalue weighted by Crippen LogP contribution is -2.30. The zero-order valence-corrected chi connectivity index (χ0v) is 10.3. The van der Waals surface area contributed by atoms with E-state index in [1.807, 2.05) is 0 Å². The van der Waals surface area contributed by atoms with Crippen molar-refractivity contribution in [3.8, 4) is 0 Å². The molecule has 0 saturated heterocycles. The van der Waals surface area contributed by atoms with Gasteiger partial charge in [-0.3, -0.25) is 0 Å². The molecule has 2 rings (SSSR count). The van der Waals surface area contributed by atoms with Gasteiger partial charge in [-0.25, -0.2) is 0 Å². The number of fused-ring (bicyclic) bond motifs is 2. The van der Waals surface area contributed by atoms with Crippen LogP contribution in [0.25, 0.3) is 0 Å². The molecular formula is C14H26. The Balaban J connectivity index is 2.14. The Morgan fingerprint density at radius 1 is 1.21 bits per heavy atom. The number of hydrogen-bond donors (Lipinski definition) is 0. The maximum atomic E-state index is 2.55. The fourth-order valence-electron chi connectivity index (χ4n) is 4.31. The normalized spacial score (nSPS) is 52.3. The van der Waals surface area contributed by atoms with Gasteiger partial charge in [0.2, 0.25) is 0 Å². The van der Waals surface area contributed by atoms with Crippen molar-refractivity contribution in [2.75, 3.05) is 0 Å². The van der Waals surface area contributed by atoms with Gasteiger partial charge in [-0.1, -0.05) is 40.5 Å². The zero-order chi connectivity index (χ0) is 10.3. The smallest absolute Gasteiger partial charge is 0.0294 e. The Bertz CT molecular complexity index is 208. The Morgan fingerprint density at radius 2 is 1.93 bits per heavy atom. The summed E-state index contributed by atoms with van der Waals surface area (Å²) in [7, 11) is 0. The molecule has 0 heterocycles. The van der Waals surface area contributed by atoms with Crippen LogP contribution in [0.1, 0.15) is 59.8 Å². The van der Waals surface area contributed by atoms with Crippen LogP contribution in [0.5, 0.6) is 0 Å². The molecule has 2 saturated carbocycles. The van der Waals surface area contributed by atoms with Gasteiger partial charge in [0.15, 0.2) is 0 Å². The van der Waals surface area contributed by atoms with E-state index in [-0.39, 0.29) is 0 Å². The van der Waals surface area contributed by atoms with Crippen LogP contribution in [-0.2, 0) is 0 Å². The Morgan fingerprint density at radius 3 is 2.57 bits per heavy atom. The molecule has 5 atom stereocenters. The van der Waals surface area contributed by atoms with Crippen LogP contribution in [0, 0.1) is 29.1 Å². The molecule has 0 aromatic heterocycles. The van der Waals surface area contributed by atoms with Crippen molar-refractivity contribution in [3.63, 3.8) is 0 Å². The maximum Gasteiger partial charge on any atom is -0.0294 e. The highest BCUT2D eigenvalue weighted by molar-refractivity contribution is 5.00. The molecule has 0 N–H and O–H groups in total. The van der Waals surface area contributed by atoms with Crippen LogP contribution in [0.4, 0.5) is 0 Å². The van der Waals surface area contributed by atoms with Crippen molar-refractivity contribution in [1.29, 1.82) is 0 Å². The lowest BCUT2D eigenvalue weighted by Gasteiger charge is -2.39. The molecule has 0 aromatic carbocycles. The molecule has 0 aliphatic heterocycles. The van der Waals surface area contributed by atoms with Crippen molar-refractivity contribution >= 4 is 0 Å². The fourth-order valence-corrected chi connectivity index (χ4v) is 4.31. The van der Waals surface area contributed by atoms with E-state index in [0.717, 1.165) is 23.7 Å². The molecule has 0 heteroatoms. The van der Waals surface area contributed by atoms with Crippen molar-refractivity contribution < 1.29 is 0 Å². The SMILES string of the molecule is CCCC1CC2(C)CC1C(C)CC2C. The topological polar surface area (TPSA) is 0 Å². The van der Waals surface area contributed by atoms with Crippen molar-refractivity contribution in [2.45, 2.75) is 59.8 Å². The minimum Gasteiger partial charge on any atom is -0.0654 e.